The van der Waals surface area contributed by atoms with Crippen molar-refractivity contribution in [3.05, 3.63) is 34.6 Å². The van der Waals surface area contributed by atoms with E-state index in [0.717, 1.165) is 0 Å². The van der Waals surface area contributed by atoms with Crippen molar-refractivity contribution in [2.45, 2.75) is 6.42 Å². The van der Waals surface area contributed by atoms with Crippen LogP contribution >= 0.6 is 11.6 Å². The number of halogens is 2. The molecular formula is C15H19ClFN3O2. The van der Waals surface area contributed by atoms with E-state index in [1.165, 1.54) is 18.2 Å². The smallest absolute Gasteiger partial charge is 0.227 e. The molecular weight excluding hydrogens is 309 g/mol. The second-order valence-electron chi connectivity index (χ2n) is 5.63. The zero-order chi connectivity index (χ0) is 16.3. The Morgan fingerprint density at radius 3 is 2.73 bits per heavy atom. The SMILES string of the molecule is CN1CCN(C(=O)Cc2ccc(F)c(Cl)c2)CC(C(N)=O)C1. The number of carbonyl (C=O) groups excluding carboxylic acids is 2. The molecule has 1 heterocycles. The first-order chi connectivity index (χ1) is 10.4. The Morgan fingerprint density at radius 2 is 2.09 bits per heavy atom. The predicted octanol–water partition coefficient (Wildman–Crippen LogP) is 0.897. The molecule has 22 heavy (non-hydrogen) atoms. The highest BCUT2D eigenvalue weighted by atomic mass is 35.5. The second-order valence-corrected chi connectivity index (χ2v) is 6.03. The van der Waals surface area contributed by atoms with Gasteiger partial charge in [-0.3, -0.25) is 9.59 Å². The summed E-state index contributed by atoms with van der Waals surface area (Å²) in [4.78, 5) is 27.5. The monoisotopic (exact) mass is 327 g/mol. The zero-order valence-electron chi connectivity index (χ0n) is 12.4. The topological polar surface area (TPSA) is 66.6 Å². The lowest BCUT2D eigenvalue weighted by molar-refractivity contribution is -0.131. The highest BCUT2D eigenvalue weighted by molar-refractivity contribution is 6.30. The first kappa shape index (κ1) is 16.7. The van der Waals surface area contributed by atoms with Crippen molar-refractivity contribution in [2.75, 3.05) is 33.2 Å². The summed E-state index contributed by atoms with van der Waals surface area (Å²) in [6, 6.07) is 4.23. The maximum Gasteiger partial charge on any atom is 0.227 e. The third kappa shape index (κ3) is 4.18. The molecule has 0 bridgehead atoms. The van der Waals surface area contributed by atoms with Crippen molar-refractivity contribution in [1.82, 2.24) is 9.80 Å². The standard InChI is InChI=1S/C15H19ClFN3O2/c1-19-4-5-20(9-11(8-19)15(18)22)14(21)7-10-2-3-13(17)12(16)6-10/h2-3,6,11H,4-5,7-9H2,1H3,(H2,18,22). The van der Waals surface area contributed by atoms with E-state index in [9.17, 15) is 14.0 Å². The molecule has 0 aliphatic carbocycles. The van der Waals surface area contributed by atoms with E-state index in [0.29, 0.717) is 31.7 Å². The average molecular weight is 328 g/mol. The first-order valence-electron chi connectivity index (χ1n) is 7.06. The molecule has 0 saturated carbocycles. The number of hydrogen-bond acceptors (Lipinski definition) is 3. The number of benzene rings is 1. The van der Waals surface area contributed by atoms with E-state index in [2.05, 4.69) is 0 Å². The molecule has 2 amide bonds. The fraction of sp³-hybridized carbons (Fsp3) is 0.467. The van der Waals surface area contributed by atoms with Crippen molar-refractivity contribution < 1.29 is 14.0 Å². The van der Waals surface area contributed by atoms with Gasteiger partial charge in [0.2, 0.25) is 11.8 Å². The van der Waals surface area contributed by atoms with Gasteiger partial charge in [0, 0.05) is 26.2 Å². The van der Waals surface area contributed by atoms with Crippen LogP contribution in [0.2, 0.25) is 5.02 Å². The maximum atomic E-state index is 13.1. The lowest BCUT2D eigenvalue weighted by atomic mass is 10.1. The minimum atomic E-state index is -0.511. The molecule has 0 spiro atoms. The van der Waals surface area contributed by atoms with Crippen LogP contribution in [-0.4, -0.2) is 54.8 Å². The van der Waals surface area contributed by atoms with Gasteiger partial charge in [-0.1, -0.05) is 17.7 Å². The average Bonchev–Trinajstić information content (AvgIpc) is 2.65. The summed E-state index contributed by atoms with van der Waals surface area (Å²) in [5.41, 5.74) is 6.03. The van der Waals surface area contributed by atoms with Crippen molar-refractivity contribution in [2.24, 2.45) is 11.7 Å². The molecule has 7 heteroatoms. The summed E-state index contributed by atoms with van der Waals surface area (Å²) in [5, 5.41) is -0.00378. The Kier molecular flexibility index (Phi) is 5.37. The zero-order valence-corrected chi connectivity index (χ0v) is 13.1. The van der Waals surface area contributed by atoms with Gasteiger partial charge in [-0.15, -0.1) is 0 Å². The molecule has 0 radical (unpaired) electrons. The molecule has 0 aromatic heterocycles. The third-order valence-electron chi connectivity index (χ3n) is 3.82. The second kappa shape index (κ2) is 7.07. The number of likely N-dealkylation sites (N-methyl/N-ethyl adjacent to an activating group) is 1. The third-order valence-corrected chi connectivity index (χ3v) is 4.11. The Balaban J connectivity index is 2.07. The minimum absolute atomic E-state index is 0.00378. The number of rotatable bonds is 3. The van der Waals surface area contributed by atoms with Crippen molar-refractivity contribution in [3.8, 4) is 0 Å². The molecule has 1 aliphatic heterocycles. The number of carbonyl (C=O) groups is 2. The van der Waals surface area contributed by atoms with E-state index < -0.39 is 11.7 Å². The summed E-state index contributed by atoms with van der Waals surface area (Å²) in [7, 11) is 1.89. The van der Waals surface area contributed by atoms with Gasteiger partial charge in [0.15, 0.2) is 0 Å². The quantitative estimate of drug-likeness (QED) is 0.897. The van der Waals surface area contributed by atoms with E-state index in [4.69, 9.17) is 17.3 Å². The van der Waals surface area contributed by atoms with Crippen LogP contribution in [0.3, 0.4) is 0 Å². The van der Waals surface area contributed by atoms with Crippen LogP contribution in [-0.2, 0) is 16.0 Å². The number of hydrogen-bond donors (Lipinski definition) is 1. The van der Waals surface area contributed by atoms with Gasteiger partial charge in [0.05, 0.1) is 17.4 Å². The van der Waals surface area contributed by atoms with Gasteiger partial charge >= 0.3 is 0 Å². The van der Waals surface area contributed by atoms with Crippen molar-refractivity contribution >= 4 is 23.4 Å². The van der Waals surface area contributed by atoms with Crippen LogP contribution in [0.5, 0.6) is 0 Å². The Labute approximate surface area is 133 Å². The Bertz CT molecular complexity index is 582. The molecule has 1 aromatic rings. The molecule has 2 N–H and O–H groups in total. The van der Waals surface area contributed by atoms with E-state index in [-0.39, 0.29) is 23.3 Å². The summed E-state index contributed by atoms with van der Waals surface area (Å²) in [6.45, 7) is 2.07. The predicted molar refractivity (Wildman–Crippen MR) is 81.9 cm³/mol. The van der Waals surface area contributed by atoms with Crippen LogP contribution in [0.15, 0.2) is 18.2 Å². The highest BCUT2D eigenvalue weighted by Gasteiger charge is 2.27. The van der Waals surface area contributed by atoms with Crippen molar-refractivity contribution in [1.29, 1.82) is 0 Å². The molecule has 5 nitrogen and oxygen atoms in total. The fourth-order valence-corrected chi connectivity index (χ4v) is 2.72. The van der Waals surface area contributed by atoms with Crippen LogP contribution in [0.25, 0.3) is 0 Å². The summed E-state index contributed by atoms with van der Waals surface area (Å²) >= 11 is 5.73. The number of nitrogens with two attached hydrogens (primary N) is 1. The normalized spacial score (nSPS) is 19.8. The van der Waals surface area contributed by atoms with Crippen LogP contribution in [0.4, 0.5) is 4.39 Å². The van der Waals surface area contributed by atoms with Crippen molar-refractivity contribution in [3.63, 3.8) is 0 Å². The molecule has 1 atom stereocenters. The lowest BCUT2D eigenvalue weighted by Gasteiger charge is -2.22. The maximum absolute atomic E-state index is 13.1. The van der Waals surface area contributed by atoms with Gasteiger partial charge in [-0.05, 0) is 24.7 Å². The number of nitrogens with zero attached hydrogens (tertiary/aromatic N) is 2. The number of amides is 2. The Morgan fingerprint density at radius 1 is 1.36 bits per heavy atom. The molecule has 2 rings (SSSR count). The summed E-state index contributed by atoms with van der Waals surface area (Å²) < 4.78 is 13.1. The van der Waals surface area contributed by atoms with Crippen LogP contribution < -0.4 is 5.73 Å². The van der Waals surface area contributed by atoms with Gasteiger partial charge in [-0.2, -0.15) is 0 Å². The molecule has 1 saturated heterocycles. The lowest BCUT2D eigenvalue weighted by Crippen LogP contribution is -2.40. The van der Waals surface area contributed by atoms with Gasteiger partial charge in [0.25, 0.3) is 0 Å². The largest absolute Gasteiger partial charge is 0.369 e. The minimum Gasteiger partial charge on any atom is -0.369 e. The fourth-order valence-electron chi connectivity index (χ4n) is 2.52. The van der Waals surface area contributed by atoms with Crippen LogP contribution in [0, 0.1) is 11.7 Å². The van der Waals surface area contributed by atoms with Gasteiger partial charge in [-0.25, -0.2) is 4.39 Å². The molecule has 1 fully saturated rings. The van der Waals surface area contributed by atoms with E-state index in [1.807, 2.05) is 11.9 Å². The Hall–Kier alpha value is -1.66. The first-order valence-corrected chi connectivity index (χ1v) is 7.44. The van der Waals surface area contributed by atoms with E-state index >= 15 is 0 Å². The molecule has 1 aromatic carbocycles. The highest BCUT2D eigenvalue weighted by Crippen LogP contribution is 2.17. The van der Waals surface area contributed by atoms with Gasteiger partial charge in [0.1, 0.15) is 5.82 Å². The van der Waals surface area contributed by atoms with Crippen LogP contribution in [0.1, 0.15) is 5.56 Å². The molecule has 1 aliphatic rings. The molecule has 120 valence electrons. The summed E-state index contributed by atoms with van der Waals surface area (Å²) in [6.07, 6.45) is 0.120. The molecule has 1 unspecified atom stereocenters. The summed E-state index contributed by atoms with van der Waals surface area (Å²) in [5.74, 6) is -1.42. The van der Waals surface area contributed by atoms with E-state index in [1.54, 1.807) is 4.90 Å². The number of primary amides is 1. The van der Waals surface area contributed by atoms with Gasteiger partial charge < -0.3 is 15.5 Å².